The molecule has 1 unspecified atom stereocenters. The minimum atomic E-state index is -2.56. The van der Waals surface area contributed by atoms with Crippen LogP contribution >= 0.6 is 0 Å². The third-order valence-electron chi connectivity index (χ3n) is 1.63. The maximum absolute atomic E-state index is 11.3. The Hall–Kier alpha value is -1.00. The highest BCUT2D eigenvalue weighted by atomic mass is 32.2. The van der Waals surface area contributed by atoms with Gasteiger partial charge in [-0.25, -0.2) is 4.21 Å². The molecule has 4 heteroatoms. The van der Waals surface area contributed by atoms with Crippen molar-refractivity contribution >= 4 is 21.3 Å². The summed E-state index contributed by atoms with van der Waals surface area (Å²) in [6, 6.07) is 7.15. The quantitative estimate of drug-likeness (QED) is 0.714. The molecule has 0 saturated carbocycles. The fraction of sp³-hybridized carbons (Fsp3) is 0.222. The minimum absolute atomic E-state index is 0.578. The third-order valence-corrected chi connectivity index (χ3v) is 2.70. The van der Waals surface area contributed by atoms with Gasteiger partial charge in [0.2, 0.25) is 0 Å². The summed E-state index contributed by atoms with van der Waals surface area (Å²) in [4.78, 5) is 0.578. The number of anilines is 1. The molecule has 0 fully saturated rings. The average Bonchev–Trinajstić information content (AvgIpc) is 2.04. The van der Waals surface area contributed by atoms with Crippen molar-refractivity contribution in [1.29, 1.82) is 0 Å². The van der Waals surface area contributed by atoms with Gasteiger partial charge >= 0.3 is 0 Å². The van der Waals surface area contributed by atoms with E-state index in [0.29, 0.717) is 4.90 Å². The fourth-order valence-corrected chi connectivity index (χ4v) is 1.60. The molecule has 0 radical (unpaired) electrons. The molecular formula is C9H14N2OS. The molecule has 1 aromatic rings. The van der Waals surface area contributed by atoms with Crippen molar-refractivity contribution in [3.8, 4) is 0 Å². The highest BCUT2D eigenvalue weighted by molar-refractivity contribution is 7.98. The Morgan fingerprint density at radius 1 is 1.46 bits per heavy atom. The lowest BCUT2D eigenvalue weighted by atomic mass is 10.3. The van der Waals surface area contributed by atoms with E-state index in [1.165, 1.54) is 0 Å². The van der Waals surface area contributed by atoms with Crippen LogP contribution in [0.3, 0.4) is 0 Å². The number of hydrogen-bond donors (Lipinski definition) is 2. The zero-order valence-corrected chi connectivity index (χ0v) is 8.43. The maximum Gasteiger partial charge on any atom is 0.0507 e. The Morgan fingerprint density at radius 2 is 2.00 bits per heavy atom. The summed E-state index contributed by atoms with van der Waals surface area (Å²) in [5.74, 6) is 3.40. The van der Waals surface area contributed by atoms with Gasteiger partial charge in [0.25, 0.3) is 0 Å². The van der Waals surface area contributed by atoms with Crippen LogP contribution in [0.15, 0.2) is 29.2 Å². The average molecular weight is 198 g/mol. The molecule has 0 amide bonds. The molecule has 0 bridgehead atoms. The van der Waals surface area contributed by atoms with Crippen molar-refractivity contribution in [3.63, 3.8) is 0 Å². The summed E-state index contributed by atoms with van der Waals surface area (Å²) in [7, 11) is -2.56. The highest BCUT2D eigenvalue weighted by Gasteiger charge is 1.99. The smallest absolute Gasteiger partial charge is 0.0507 e. The molecule has 1 atom stereocenters. The van der Waals surface area contributed by atoms with Gasteiger partial charge in [-0.2, -0.15) is 0 Å². The number of benzene rings is 1. The van der Waals surface area contributed by atoms with E-state index in [9.17, 15) is 4.21 Å². The van der Waals surface area contributed by atoms with Gasteiger partial charge in [0.15, 0.2) is 0 Å². The van der Waals surface area contributed by atoms with Gasteiger partial charge in [0, 0.05) is 17.1 Å². The molecule has 0 aliphatic carbocycles. The van der Waals surface area contributed by atoms with Gasteiger partial charge in [0.05, 0.1) is 9.71 Å². The van der Waals surface area contributed by atoms with Gasteiger partial charge in [-0.05, 0) is 37.1 Å². The molecule has 1 aromatic carbocycles. The Labute approximate surface area is 79.1 Å². The Kier molecular flexibility index (Phi) is 2.95. The van der Waals surface area contributed by atoms with Crippen LogP contribution in [-0.2, 0) is 9.71 Å². The zero-order valence-electron chi connectivity index (χ0n) is 7.62. The van der Waals surface area contributed by atoms with Crippen LogP contribution in [0.25, 0.3) is 0 Å². The van der Waals surface area contributed by atoms with Gasteiger partial charge < -0.3 is 5.32 Å². The standard InChI is InChI=1S/C9H14N2OS/c1-3-11-8-4-6-9(7-5-8)13(2,10)12/h4-7,11H,2-3H2,1H3,(H2,10,12). The van der Waals surface area contributed by atoms with Crippen molar-refractivity contribution in [2.75, 3.05) is 11.9 Å². The largest absolute Gasteiger partial charge is 0.385 e. The molecule has 0 aromatic heterocycles. The molecule has 0 saturated heterocycles. The van der Waals surface area contributed by atoms with Crippen LogP contribution < -0.4 is 10.5 Å². The second-order valence-corrected chi connectivity index (χ2v) is 4.70. The van der Waals surface area contributed by atoms with Crippen molar-refractivity contribution in [2.45, 2.75) is 11.8 Å². The molecular weight excluding hydrogens is 184 g/mol. The van der Waals surface area contributed by atoms with E-state index in [4.69, 9.17) is 5.14 Å². The van der Waals surface area contributed by atoms with E-state index in [-0.39, 0.29) is 0 Å². The molecule has 3 N–H and O–H groups in total. The molecule has 1 rings (SSSR count). The summed E-state index contributed by atoms with van der Waals surface area (Å²) >= 11 is 0. The summed E-state index contributed by atoms with van der Waals surface area (Å²) in [5.41, 5.74) is 0.995. The van der Waals surface area contributed by atoms with Crippen LogP contribution in [0, 0.1) is 0 Å². The van der Waals surface area contributed by atoms with Crippen LogP contribution in [0.4, 0.5) is 5.69 Å². The summed E-state index contributed by atoms with van der Waals surface area (Å²) in [6.07, 6.45) is 0. The van der Waals surface area contributed by atoms with Gasteiger partial charge in [0.1, 0.15) is 0 Å². The monoisotopic (exact) mass is 198 g/mol. The maximum atomic E-state index is 11.3. The molecule has 72 valence electrons. The second-order valence-electron chi connectivity index (χ2n) is 2.78. The van der Waals surface area contributed by atoms with E-state index < -0.39 is 9.71 Å². The summed E-state index contributed by atoms with van der Waals surface area (Å²) in [6.45, 7) is 2.88. The van der Waals surface area contributed by atoms with E-state index in [1.54, 1.807) is 12.1 Å². The first kappa shape index (κ1) is 10.1. The SMILES string of the molecule is C=S(N)(=O)c1ccc(NCC)cc1. The Morgan fingerprint density at radius 3 is 2.38 bits per heavy atom. The van der Waals surface area contributed by atoms with Crippen molar-refractivity contribution < 1.29 is 4.21 Å². The van der Waals surface area contributed by atoms with Gasteiger partial charge in [-0.1, -0.05) is 0 Å². The number of hydrogen-bond acceptors (Lipinski definition) is 2. The highest BCUT2D eigenvalue weighted by Crippen LogP contribution is 2.11. The second kappa shape index (κ2) is 3.81. The summed E-state index contributed by atoms with van der Waals surface area (Å²) in [5, 5.41) is 8.51. The lowest BCUT2D eigenvalue weighted by Gasteiger charge is -2.05. The van der Waals surface area contributed by atoms with Gasteiger partial charge in [-0.15, -0.1) is 0 Å². The van der Waals surface area contributed by atoms with Gasteiger partial charge in [-0.3, -0.25) is 5.14 Å². The first-order valence-electron chi connectivity index (χ1n) is 4.03. The normalized spacial score (nSPS) is 14.9. The molecule has 0 aliphatic rings. The molecule has 0 aliphatic heterocycles. The van der Waals surface area contributed by atoms with Crippen LogP contribution in [-0.4, -0.2) is 16.6 Å². The van der Waals surface area contributed by atoms with Crippen LogP contribution in [0.5, 0.6) is 0 Å². The number of rotatable bonds is 3. The van der Waals surface area contributed by atoms with E-state index in [2.05, 4.69) is 11.2 Å². The number of nitrogens with one attached hydrogen (secondary N) is 1. The molecule has 0 spiro atoms. The molecule has 3 nitrogen and oxygen atoms in total. The molecule has 13 heavy (non-hydrogen) atoms. The predicted octanol–water partition coefficient (Wildman–Crippen LogP) is 1.07. The number of nitrogens with two attached hydrogens (primary N) is 1. The topological polar surface area (TPSA) is 55.1 Å². The Balaban J connectivity index is 2.94. The van der Waals surface area contributed by atoms with E-state index >= 15 is 0 Å². The van der Waals surface area contributed by atoms with E-state index in [0.717, 1.165) is 12.2 Å². The first-order chi connectivity index (χ1) is 6.04. The minimum Gasteiger partial charge on any atom is -0.385 e. The predicted molar refractivity (Wildman–Crippen MR) is 58.3 cm³/mol. The molecule has 0 heterocycles. The first-order valence-corrected chi connectivity index (χ1v) is 5.82. The fourth-order valence-electron chi connectivity index (χ4n) is 1.01. The lowest BCUT2D eigenvalue weighted by Crippen LogP contribution is -2.11. The van der Waals surface area contributed by atoms with Crippen LogP contribution in [0.1, 0.15) is 6.92 Å². The van der Waals surface area contributed by atoms with E-state index in [1.807, 2.05) is 19.1 Å². The summed E-state index contributed by atoms with van der Waals surface area (Å²) < 4.78 is 11.3. The van der Waals surface area contributed by atoms with Crippen molar-refractivity contribution in [2.24, 2.45) is 5.14 Å². The Bertz CT molecular complexity index is 367. The zero-order chi connectivity index (χ0) is 9.90. The lowest BCUT2D eigenvalue weighted by molar-refractivity contribution is 0.682. The van der Waals surface area contributed by atoms with Crippen molar-refractivity contribution in [1.82, 2.24) is 0 Å². The third kappa shape index (κ3) is 2.75. The van der Waals surface area contributed by atoms with Crippen molar-refractivity contribution in [3.05, 3.63) is 24.3 Å². The van der Waals surface area contributed by atoms with Crippen LogP contribution in [0.2, 0.25) is 0 Å².